The van der Waals surface area contributed by atoms with Crippen molar-refractivity contribution >= 4 is 0 Å². The second kappa shape index (κ2) is 5.73. The number of hydrogen-bond acceptors (Lipinski definition) is 3. The van der Waals surface area contributed by atoms with Crippen LogP contribution in [0.3, 0.4) is 0 Å². The third kappa shape index (κ3) is 4.81. The van der Waals surface area contributed by atoms with E-state index in [2.05, 4.69) is 11.9 Å². The summed E-state index contributed by atoms with van der Waals surface area (Å²) in [6.07, 6.45) is 0.995. The molecule has 3 nitrogen and oxygen atoms in total. The SMILES string of the molecule is CC(N)CCN(C)Cc1cccc(O)c1. The standard InChI is InChI=1S/C12H20N2O/c1-10(13)6-7-14(2)9-11-4-3-5-12(15)8-11/h3-5,8,10,15H,6-7,9,13H2,1-2H3. The Labute approximate surface area is 91.5 Å². The number of nitrogens with two attached hydrogens (primary N) is 1. The van der Waals surface area contributed by atoms with Crippen LogP contribution >= 0.6 is 0 Å². The summed E-state index contributed by atoms with van der Waals surface area (Å²) in [5.41, 5.74) is 6.82. The van der Waals surface area contributed by atoms with E-state index in [9.17, 15) is 5.11 Å². The van der Waals surface area contributed by atoms with Gasteiger partial charge in [0.1, 0.15) is 5.75 Å². The first-order valence-electron chi connectivity index (χ1n) is 5.30. The van der Waals surface area contributed by atoms with Crippen molar-refractivity contribution in [2.45, 2.75) is 25.9 Å². The van der Waals surface area contributed by atoms with Gasteiger partial charge in [-0.2, -0.15) is 0 Å². The quantitative estimate of drug-likeness (QED) is 0.772. The molecule has 0 saturated carbocycles. The molecule has 0 saturated heterocycles. The molecule has 0 spiro atoms. The lowest BCUT2D eigenvalue weighted by molar-refractivity contribution is 0.313. The van der Waals surface area contributed by atoms with Crippen molar-refractivity contribution < 1.29 is 5.11 Å². The lowest BCUT2D eigenvalue weighted by Crippen LogP contribution is -2.25. The Morgan fingerprint density at radius 2 is 2.20 bits per heavy atom. The highest BCUT2D eigenvalue weighted by molar-refractivity contribution is 5.26. The van der Waals surface area contributed by atoms with Gasteiger partial charge in [0.15, 0.2) is 0 Å². The predicted molar refractivity (Wildman–Crippen MR) is 62.7 cm³/mol. The summed E-state index contributed by atoms with van der Waals surface area (Å²) < 4.78 is 0. The maximum Gasteiger partial charge on any atom is 0.115 e. The molecule has 0 amide bonds. The van der Waals surface area contributed by atoms with Crippen LogP contribution in [0.4, 0.5) is 0 Å². The minimum atomic E-state index is 0.247. The fourth-order valence-electron chi connectivity index (χ4n) is 1.47. The van der Waals surface area contributed by atoms with Crippen molar-refractivity contribution in [3.05, 3.63) is 29.8 Å². The van der Waals surface area contributed by atoms with E-state index < -0.39 is 0 Å². The Balaban J connectivity index is 2.40. The number of hydrogen-bond donors (Lipinski definition) is 2. The van der Waals surface area contributed by atoms with Gasteiger partial charge in [-0.1, -0.05) is 12.1 Å². The van der Waals surface area contributed by atoms with E-state index in [0.717, 1.165) is 25.1 Å². The van der Waals surface area contributed by atoms with Crippen LogP contribution in [-0.2, 0) is 6.54 Å². The Morgan fingerprint density at radius 1 is 1.47 bits per heavy atom. The zero-order valence-electron chi connectivity index (χ0n) is 9.48. The third-order valence-corrected chi connectivity index (χ3v) is 2.33. The number of benzene rings is 1. The van der Waals surface area contributed by atoms with Crippen LogP contribution in [0.1, 0.15) is 18.9 Å². The van der Waals surface area contributed by atoms with Gasteiger partial charge in [-0.3, -0.25) is 0 Å². The highest BCUT2D eigenvalue weighted by atomic mass is 16.3. The summed E-state index contributed by atoms with van der Waals surface area (Å²) in [6, 6.07) is 7.61. The van der Waals surface area contributed by atoms with Crippen molar-refractivity contribution in [1.29, 1.82) is 0 Å². The highest BCUT2D eigenvalue weighted by Gasteiger charge is 2.02. The molecule has 0 aliphatic heterocycles. The molecule has 1 atom stereocenters. The number of phenolic OH excluding ortho intramolecular Hbond substituents is 1. The van der Waals surface area contributed by atoms with Gasteiger partial charge in [-0.05, 0) is 44.6 Å². The molecule has 0 heterocycles. The van der Waals surface area contributed by atoms with Crippen LogP contribution in [0.15, 0.2) is 24.3 Å². The molecule has 0 radical (unpaired) electrons. The summed E-state index contributed by atoms with van der Waals surface area (Å²) in [5.74, 6) is 0.327. The Kier molecular flexibility index (Phi) is 4.59. The minimum absolute atomic E-state index is 0.247. The van der Waals surface area contributed by atoms with Crippen molar-refractivity contribution in [3.8, 4) is 5.75 Å². The van der Waals surface area contributed by atoms with Crippen LogP contribution in [-0.4, -0.2) is 29.6 Å². The first-order chi connectivity index (χ1) is 7.08. The monoisotopic (exact) mass is 208 g/mol. The number of phenols is 1. The number of rotatable bonds is 5. The maximum atomic E-state index is 9.31. The Morgan fingerprint density at radius 3 is 2.80 bits per heavy atom. The topological polar surface area (TPSA) is 49.5 Å². The molecule has 1 rings (SSSR count). The van der Waals surface area contributed by atoms with Crippen LogP contribution in [0.2, 0.25) is 0 Å². The van der Waals surface area contributed by atoms with Crippen LogP contribution in [0.5, 0.6) is 5.75 Å². The molecule has 3 heteroatoms. The average molecular weight is 208 g/mol. The third-order valence-electron chi connectivity index (χ3n) is 2.33. The Hall–Kier alpha value is -1.06. The molecule has 0 bridgehead atoms. The second-order valence-electron chi connectivity index (χ2n) is 4.17. The van der Waals surface area contributed by atoms with E-state index in [1.165, 1.54) is 0 Å². The first kappa shape index (κ1) is 12.0. The van der Waals surface area contributed by atoms with Crippen molar-refractivity contribution in [1.82, 2.24) is 4.90 Å². The molecule has 0 aromatic heterocycles. The van der Waals surface area contributed by atoms with E-state index in [1.54, 1.807) is 12.1 Å². The van der Waals surface area contributed by atoms with E-state index in [1.807, 2.05) is 19.1 Å². The largest absolute Gasteiger partial charge is 0.508 e. The van der Waals surface area contributed by atoms with Gasteiger partial charge in [0.05, 0.1) is 0 Å². The van der Waals surface area contributed by atoms with Gasteiger partial charge in [-0.25, -0.2) is 0 Å². The van der Waals surface area contributed by atoms with Gasteiger partial charge >= 0.3 is 0 Å². The van der Waals surface area contributed by atoms with E-state index in [4.69, 9.17) is 5.73 Å². The normalized spacial score (nSPS) is 13.1. The van der Waals surface area contributed by atoms with Crippen LogP contribution in [0.25, 0.3) is 0 Å². The van der Waals surface area contributed by atoms with Gasteiger partial charge in [-0.15, -0.1) is 0 Å². The summed E-state index contributed by atoms with van der Waals surface area (Å²) >= 11 is 0. The molecule has 1 unspecified atom stereocenters. The molecular weight excluding hydrogens is 188 g/mol. The van der Waals surface area contributed by atoms with Crippen molar-refractivity contribution in [3.63, 3.8) is 0 Å². The van der Waals surface area contributed by atoms with Crippen LogP contribution < -0.4 is 5.73 Å². The van der Waals surface area contributed by atoms with Crippen molar-refractivity contribution in [2.24, 2.45) is 5.73 Å². The summed E-state index contributed by atoms with van der Waals surface area (Å²) in [7, 11) is 2.06. The van der Waals surface area contributed by atoms with Gasteiger partial charge < -0.3 is 15.7 Å². The fourth-order valence-corrected chi connectivity index (χ4v) is 1.47. The van der Waals surface area contributed by atoms with E-state index >= 15 is 0 Å². The molecule has 1 aromatic rings. The lowest BCUT2D eigenvalue weighted by atomic mass is 10.2. The number of aromatic hydroxyl groups is 1. The zero-order valence-corrected chi connectivity index (χ0v) is 9.48. The fraction of sp³-hybridized carbons (Fsp3) is 0.500. The first-order valence-corrected chi connectivity index (χ1v) is 5.30. The Bertz CT molecular complexity index is 299. The summed E-state index contributed by atoms with van der Waals surface area (Å²) in [4.78, 5) is 2.21. The minimum Gasteiger partial charge on any atom is -0.508 e. The van der Waals surface area contributed by atoms with Gasteiger partial charge in [0.25, 0.3) is 0 Å². The zero-order chi connectivity index (χ0) is 11.3. The molecule has 0 fully saturated rings. The lowest BCUT2D eigenvalue weighted by Gasteiger charge is -2.17. The van der Waals surface area contributed by atoms with Gasteiger partial charge in [0.2, 0.25) is 0 Å². The summed E-state index contributed by atoms with van der Waals surface area (Å²) in [6.45, 7) is 3.84. The molecule has 1 aromatic carbocycles. The van der Waals surface area contributed by atoms with Crippen molar-refractivity contribution in [2.75, 3.05) is 13.6 Å². The molecule has 0 aliphatic carbocycles. The average Bonchev–Trinajstić information content (AvgIpc) is 2.15. The molecule has 84 valence electrons. The highest BCUT2D eigenvalue weighted by Crippen LogP contribution is 2.12. The maximum absolute atomic E-state index is 9.31. The second-order valence-corrected chi connectivity index (χ2v) is 4.17. The van der Waals surface area contributed by atoms with Gasteiger partial charge in [0, 0.05) is 12.6 Å². The van der Waals surface area contributed by atoms with Crippen LogP contribution in [0, 0.1) is 0 Å². The molecule has 3 N–H and O–H groups in total. The van der Waals surface area contributed by atoms with E-state index in [-0.39, 0.29) is 6.04 Å². The molecular formula is C12H20N2O. The number of nitrogens with zero attached hydrogens (tertiary/aromatic N) is 1. The smallest absolute Gasteiger partial charge is 0.115 e. The molecule has 15 heavy (non-hydrogen) atoms. The van der Waals surface area contributed by atoms with E-state index in [0.29, 0.717) is 5.75 Å². The molecule has 0 aliphatic rings. The summed E-state index contributed by atoms with van der Waals surface area (Å²) in [5, 5.41) is 9.31. The predicted octanol–water partition coefficient (Wildman–Crippen LogP) is 1.56.